The van der Waals surface area contributed by atoms with Crippen LogP contribution in [-0.4, -0.2) is 65.7 Å². The van der Waals surface area contributed by atoms with Crippen LogP contribution >= 0.6 is 35.0 Å². The molecular weight excluding hydrogens is 510 g/mol. The van der Waals surface area contributed by atoms with E-state index < -0.39 is 0 Å². The van der Waals surface area contributed by atoms with Crippen molar-refractivity contribution in [3.8, 4) is 5.75 Å². The number of thiophene rings is 1. The van der Waals surface area contributed by atoms with Gasteiger partial charge in [-0.05, 0) is 42.5 Å². The SMILES string of the molecule is C.CCOC(=O)CC1CN=C(c2cc3cc(OCCOC)cc(NSc4cccs4)c3[nH]2)S1.O.O. The van der Waals surface area contributed by atoms with Gasteiger partial charge in [0.25, 0.3) is 0 Å². The molecule has 1 unspecified atom stereocenters. The monoisotopic (exact) mass is 543 g/mol. The zero-order valence-corrected chi connectivity index (χ0v) is 21.3. The Morgan fingerprint density at radius 3 is 2.83 bits per heavy atom. The minimum Gasteiger partial charge on any atom is -0.491 e. The summed E-state index contributed by atoms with van der Waals surface area (Å²) in [5.74, 6) is 0.601. The Bertz CT molecular complexity index is 1090. The van der Waals surface area contributed by atoms with E-state index in [1.165, 1.54) is 4.21 Å². The van der Waals surface area contributed by atoms with Gasteiger partial charge in [0.1, 0.15) is 17.4 Å². The molecular formula is C23H33N3O6S3. The Labute approximate surface area is 217 Å². The second kappa shape index (κ2) is 15.0. The number of aliphatic imine (C=N–C) groups is 1. The third-order valence-corrected chi connectivity index (χ3v) is 7.74. The molecule has 9 nitrogen and oxygen atoms in total. The van der Waals surface area contributed by atoms with Crippen LogP contribution in [0.2, 0.25) is 0 Å². The molecule has 0 fully saturated rings. The highest BCUT2D eigenvalue weighted by atomic mass is 32.2. The smallest absolute Gasteiger partial charge is 0.306 e. The lowest BCUT2D eigenvalue weighted by Crippen LogP contribution is -2.14. The molecule has 0 bridgehead atoms. The van der Waals surface area contributed by atoms with Crippen molar-refractivity contribution in [3.05, 3.63) is 41.4 Å². The van der Waals surface area contributed by atoms with Crippen LogP contribution in [0.5, 0.6) is 5.75 Å². The number of nitrogens with zero attached hydrogens (tertiary/aromatic N) is 1. The highest BCUT2D eigenvalue weighted by molar-refractivity contribution is 8.15. The van der Waals surface area contributed by atoms with Crippen molar-refractivity contribution in [2.24, 2.45) is 4.99 Å². The van der Waals surface area contributed by atoms with Crippen LogP contribution in [0.25, 0.3) is 10.9 Å². The van der Waals surface area contributed by atoms with E-state index in [0.29, 0.717) is 32.8 Å². The predicted molar refractivity (Wildman–Crippen MR) is 147 cm³/mol. The van der Waals surface area contributed by atoms with Gasteiger partial charge in [-0.15, -0.1) is 11.3 Å². The quantitative estimate of drug-likeness (QED) is 0.209. The normalized spacial score (nSPS) is 14.3. The van der Waals surface area contributed by atoms with Gasteiger partial charge >= 0.3 is 5.97 Å². The van der Waals surface area contributed by atoms with Gasteiger partial charge in [-0.2, -0.15) is 0 Å². The molecule has 3 aromatic rings. The van der Waals surface area contributed by atoms with Crippen LogP contribution in [0.4, 0.5) is 5.69 Å². The first-order valence-corrected chi connectivity index (χ1v) is 12.9. The number of esters is 1. The summed E-state index contributed by atoms with van der Waals surface area (Å²) in [6.45, 7) is 3.84. The molecule has 0 saturated heterocycles. The van der Waals surface area contributed by atoms with Crippen molar-refractivity contribution in [3.63, 3.8) is 0 Å². The van der Waals surface area contributed by atoms with E-state index in [4.69, 9.17) is 14.2 Å². The number of hydrogen-bond donors (Lipinski definition) is 2. The molecule has 0 saturated carbocycles. The molecule has 0 radical (unpaired) electrons. The number of methoxy groups -OCH3 is 1. The van der Waals surface area contributed by atoms with Gasteiger partial charge in [-0.25, -0.2) is 0 Å². The lowest BCUT2D eigenvalue weighted by Gasteiger charge is -2.10. The molecule has 1 aliphatic rings. The predicted octanol–water partition coefficient (Wildman–Crippen LogP) is 4.18. The van der Waals surface area contributed by atoms with E-state index in [2.05, 4.69) is 32.2 Å². The second-order valence-corrected chi connectivity index (χ2v) is 10.3. The first-order chi connectivity index (χ1) is 15.7. The fourth-order valence-electron chi connectivity index (χ4n) is 3.24. The average molecular weight is 544 g/mol. The van der Waals surface area contributed by atoms with Crippen LogP contribution in [0.1, 0.15) is 26.5 Å². The Hall–Kier alpha value is -2.22. The van der Waals surface area contributed by atoms with Gasteiger partial charge in [0.2, 0.25) is 0 Å². The van der Waals surface area contributed by atoms with Gasteiger partial charge in [0, 0.05) is 23.8 Å². The summed E-state index contributed by atoms with van der Waals surface area (Å²) >= 11 is 4.87. The standard InChI is InChI=1S/C22H25N3O4S3.CH4.2H2O/c1-3-28-19(26)12-16-13-23-22(31-16)18-10-14-9-15(29-7-6-27-2)11-17(21(14)24-18)25-32-20-5-4-8-30-20;;;/h4-5,8-11,16,24-25H,3,6-7,12-13H2,1-2H3;1H4;2*1H2. The fraction of sp³-hybridized carbons (Fsp3) is 0.391. The van der Waals surface area contributed by atoms with Gasteiger partial charge in [-0.3, -0.25) is 9.79 Å². The van der Waals surface area contributed by atoms with Gasteiger partial charge in [0.15, 0.2) is 0 Å². The summed E-state index contributed by atoms with van der Waals surface area (Å²) in [6, 6.07) is 10.2. The molecule has 1 atom stereocenters. The van der Waals surface area contributed by atoms with Crippen LogP contribution in [0.3, 0.4) is 0 Å². The van der Waals surface area contributed by atoms with Crippen molar-refractivity contribution in [2.45, 2.75) is 30.2 Å². The largest absolute Gasteiger partial charge is 0.491 e. The number of thioether (sulfide) groups is 1. The summed E-state index contributed by atoms with van der Waals surface area (Å²) < 4.78 is 20.7. The molecule has 0 aliphatic carbocycles. The maximum Gasteiger partial charge on any atom is 0.306 e. The first-order valence-electron chi connectivity index (χ1n) is 10.3. The van der Waals surface area contributed by atoms with Crippen molar-refractivity contribution in [2.75, 3.05) is 38.2 Å². The van der Waals surface area contributed by atoms with E-state index in [1.54, 1.807) is 42.2 Å². The van der Waals surface area contributed by atoms with Crippen LogP contribution in [-0.2, 0) is 14.3 Å². The Morgan fingerprint density at radius 2 is 2.11 bits per heavy atom. The van der Waals surface area contributed by atoms with Crippen molar-refractivity contribution < 1.29 is 30.0 Å². The van der Waals surface area contributed by atoms with Crippen LogP contribution < -0.4 is 9.46 Å². The average Bonchev–Trinajstić information content (AvgIpc) is 3.53. The maximum absolute atomic E-state index is 11.8. The number of nitrogens with one attached hydrogen (secondary N) is 2. The number of hydrogen-bond acceptors (Lipinski definition) is 9. The molecule has 0 spiro atoms. The molecule has 35 heavy (non-hydrogen) atoms. The van der Waals surface area contributed by atoms with Crippen molar-refractivity contribution in [1.82, 2.24) is 4.98 Å². The van der Waals surface area contributed by atoms with E-state index in [9.17, 15) is 4.79 Å². The number of aromatic nitrogens is 1. The highest BCUT2D eigenvalue weighted by Crippen LogP contribution is 2.36. The molecule has 4 rings (SSSR count). The number of rotatable bonds is 11. The molecule has 1 aliphatic heterocycles. The van der Waals surface area contributed by atoms with Gasteiger partial charge in [-0.1, -0.05) is 25.3 Å². The summed E-state index contributed by atoms with van der Waals surface area (Å²) in [5, 5.41) is 4.10. The summed E-state index contributed by atoms with van der Waals surface area (Å²) in [5.41, 5.74) is 2.86. The lowest BCUT2D eigenvalue weighted by molar-refractivity contribution is -0.143. The molecule has 2 aromatic heterocycles. The number of carbonyl (C=O) groups is 1. The Balaban J connectivity index is 0.00000204. The molecule has 12 heteroatoms. The van der Waals surface area contributed by atoms with E-state index in [-0.39, 0.29) is 29.6 Å². The third-order valence-electron chi connectivity index (χ3n) is 4.66. The zero-order valence-electron chi connectivity index (χ0n) is 18.9. The van der Waals surface area contributed by atoms with Crippen molar-refractivity contribution in [1.29, 1.82) is 0 Å². The minimum absolute atomic E-state index is 0. The molecule has 0 amide bonds. The number of benzene rings is 1. The highest BCUT2D eigenvalue weighted by Gasteiger charge is 2.25. The second-order valence-electron chi connectivity index (χ2n) is 6.99. The van der Waals surface area contributed by atoms with E-state index >= 15 is 0 Å². The Kier molecular flexibility index (Phi) is 13.2. The topological polar surface area (TPSA) is 148 Å². The first kappa shape index (κ1) is 30.8. The molecule has 1 aromatic carbocycles. The summed E-state index contributed by atoms with van der Waals surface area (Å²) in [7, 11) is 1.66. The number of carbonyl (C=O) groups excluding carboxylic acids is 1. The zero-order chi connectivity index (χ0) is 22.3. The van der Waals surface area contributed by atoms with E-state index in [0.717, 1.165) is 33.1 Å². The minimum atomic E-state index is -0.173. The number of fused-ring (bicyclic) bond motifs is 1. The number of H-pyrrole nitrogens is 1. The van der Waals surface area contributed by atoms with Crippen LogP contribution in [0, 0.1) is 0 Å². The van der Waals surface area contributed by atoms with Crippen LogP contribution in [0.15, 0.2) is 44.9 Å². The molecule has 194 valence electrons. The summed E-state index contributed by atoms with van der Waals surface area (Å²) in [6.07, 6.45) is 0.369. The fourth-order valence-corrected chi connectivity index (χ4v) is 5.76. The third kappa shape index (κ3) is 8.16. The number of anilines is 1. The Morgan fingerprint density at radius 1 is 1.29 bits per heavy atom. The van der Waals surface area contributed by atoms with Gasteiger partial charge in [0.05, 0.1) is 47.3 Å². The lowest BCUT2D eigenvalue weighted by atomic mass is 10.2. The van der Waals surface area contributed by atoms with Crippen molar-refractivity contribution >= 4 is 62.6 Å². The maximum atomic E-state index is 11.8. The number of aromatic amines is 1. The van der Waals surface area contributed by atoms with Gasteiger partial charge < -0.3 is 34.9 Å². The number of ether oxygens (including phenoxy) is 3. The van der Waals surface area contributed by atoms with E-state index in [1.807, 2.05) is 25.1 Å². The molecule has 6 N–H and O–H groups in total. The molecule has 3 heterocycles. The summed E-state index contributed by atoms with van der Waals surface area (Å²) in [4.78, 5) is 20.0.